The summed E-state index contributed by atoms with van der Waals surface area (Å²) in [6.45, 7) is 0. The second-order valence-electron chi connectivity index (χ2n) is 3.48. The molecule has 2 rings (SSSR count). The quantitative estimate of drug-likeness (QED) is 0.471. The van der Waals surface area contributed by atoms with Gasteiger partial charge in [0.1, 0.15) is 0 Å². The van der Waals surface area contributed by atoms with Crippen LogP contribution in [0.25, 0.3) is 0 Å². The van der Waals surface area contributed by atoms with Crippen LogP contribution in [0.15, 0.2) is 0 Å². The molecule has 0 aromatic carbocycles. The van der Waals surface area contributed by atoms with Gasteiger partial charge in [-0.3, -0.25) is 0 Å². The van der Waals surface area contributed by atoms with Crippen LogP contribution in [0.2, 0.25) is 0 Å². The number of fused-ring (bicyclic) bond motifs is 1. The van der Waals surface area contributed by atoms with Crippen LogP contribution in [-0.2, 0) is 19.9 Å². The molecule has 66 valence electrons. The molecule has 0 unspecified atom stereocenters. The van der Waals surface area contributed by atoms with Gasteiger partial charge >= 0.3 is 79.2 Å². The molecule has 1 aromatic heterocycles. The first-order valence-electron chi connectivity index (χ1n) is 4.71. The summed E-state index contributed by atoms with van der Waals surface area (Å²) in [5.41, 5.74) is 1.55. The van der Waals surface area contributed by atoms with Gasteiger partial charge in [-0.25, -0.2) is 0 Å². The van der Waals surface area contributed by atoms with Crippen molar-refractivity contribution in [3.8, 4) is 0 Å². The molecule has 1 aromatic rings. The van der Waals surface area contributed by atoms with Gasteiger partial charge in [-0.1, -0.05) is 0 Å². The van der Waals surface area contributed by atoms with E-state index in [2.05, 4.69) is 15.8 Å². The van der Waals surface area contributed by atoms with Crippen molar-refractivity contribution in [2.45, 2.75) is 38.5 Å². The Hall–Kier alpha value is -0.141. The predicted octanol–water partition coefficient (Wildman–Crippen LogP) is 0.622. The van der Waals surface area contributed by atoms with Gasteiger partial charge in [0, 0.05) is 0 Å². The van der Waals surface area contributed by atoms with Gasteiger partial charge in [0.25, 0.3) is 0 Å². The predicted molar refractivity (Wildman–Crippen MR) is 48.2 cm³/mol. The standard InChI is InChI=1S/C9H15N2Se/c1-11-8-6-4-2-3-5-7-9(8)12-10-11/h2-7H2,1H3/q+1. The fourth-order valence-electron chi connectivity index (χ4n) is 1.82. The molecule has 0 amide bonds. The average Bonchev–Trinajstić information content (AvgIpc) is 2.31. The van der Waals surface area contributed by atoms with Crippen molar-refractivity contribution in [1.29, 1.82) is 0 Å². The number of rotatable bonds is 0. The first-order chi connectivity index (χ1) is 5.88. The zero-order valence-electron chi connectivity index (χ0n) is 7.55. The third-order valence-corrected chi connectivity index (χ3v) is 4.62. The molecule has 0 aliphatic heterocycles. The Morgan fingerprint density at radius 2 is 1.92 bits per heavy atom. The number of aromatic nitrogens is 2. The van der Waals surface area contributed by atoms with Crippen molar-refractivity contribution >= 4 is 14.7 Å². The van der Waals surface area contributed by atoms with E-state index >= 15 is 0 Å². The normalized spacial score (nSPS) is 18.1. The summed E-state index contributed by atoms with van der Waals surface area (Å²) >= 11 is 0.446. The van der Waals surface area contributed by atoms with E-state index < -0.39 is 0 Å². The summed E-state index contributed by atoms with van der Waals surface area (Å²) in [6.07, 6.45) is 8.20. The molecule has 3 heteroatoms. The summed E-state index contributed by atoms with van der Waals surface area (Å²) in [6, 6.07) is 0. The molecule has 0 fully saturated rings. The minimum absolute atomic E-state index is 0.446. The van der Waals surface area contributed by atoms with Gasteiger partial charge in [0.2, 0.25) is 0 Å². The first-order valence-corrected chi connectivity index (χ1v) is 6.34. The monoisotopic (exact) mass is 231 g/mol. The zero-order chi connectivity index (χ0) is 8.39. The van der Waals surface area contributed by atoms with E-state index in [9.17, 15) is 0 Å². The second-order valence-corrected chi connectivity index (χ2v) is 5.24. The zero-order valence-corrected chi connectivity index (χ0v) is 9.26. The fourth-order valence-corrected chi connectivity index (χ4v) is 3.69. The second kappa shape index (κ2) is 3.71. The Morgan fingerprint density at radius 3 is 2.75 bits per heavy atom. The molecule has 0 atom stereocenters. The van der Waals surface area contributed by atoms with Crippen LogP contribution in [0.5, 0.6) is 0 Å². The molecule has 12 heavy (non-hydrogen) atoms. The van der Waals surface area contributed by atoms with Crippen molar-refractivity contribution in [3.05, 3.63) is 10.1 Å². The van der Waals surface area contributed by atoms with Gasteiger partial charge in [-0.15, -0.1) is 0 Å². The Labute approximate surface area is 79.6 Å². The van der Waals surface area contributed by atoms with Crippen LogP contribution in [0.1, 0.15) is 35.8 Å². The molecule has 0 radical (unpaired) electrons. The summed E-state index contributed by atoms with van der Waals surface area (Å²) in [5.74, 6) is 0. The van der Waals surface area contributed by atoms with Crippen molar-refractivity contribution < 1.29 is 4.68 Å². The number of nitrogens with zero attached hydrogens (tertiary/aromatic N) is 2. The van der Waals surface area contributed by atoms with E-state index in [1.807, 2.05) is 0 Å². The van der Waals surface area contributed by atoms with Crippen LogP contribution in [0.4, 0.5) is 0 Å². The van der Waals surface area contributed by atoms with Gasteiger partial charge < -0.3 is 0 Å². The maximum absolute atomic E-state index is 4.49. The molecule has 1 aliphatic carbocycles. The molecule has 1 heterocycles. The fraction of sp³-hybridized carbons (Fsp3) is 0.778. The van der Waals surface area contributed by atoms with Gasteiger partial charge in [0.15, 0.2) is 0 Å². The van der Waals surface area contributed by atoms with Crippen LogP contribution >= 0.6 is 0 Å². The van der Waals surface area contributed by atoms with Crippen LogP contribution in [-0.4, -0.2) is 18.8 Å². The third kappa shape index (κ3) is 1.62. The van der Waals surface area contributed by atoms with Crippen LogP contribution in [0, 0.1) is 0 Å². The van der Waals surface area contributed by atoms with E-state index in [0.717, 1.165) is 0 Å². The van der Waals surface area contributed by atoms with Crippen LogP contribution < -0.4 is 4.68 Å². The Bertz CT molecular complexity index is 267. The maximum atomic E-state index is 4.49. The van der Waals surface area contributed by atoms with Crippen LogP contribution in [0.3, 0.4) is 0 Å². The average molecular weight is 230 g/mol. The Balaban J connectivity index is 2.26. The van der Waals surface area contributed by atoms with Gasteiger partial charge in [0.05, 0.1) is 0 Å². The number of aryl methyl sites for hydroxylation is 2. The molecule has 0 bridgehead atoms. The van der Waals surface area contributed by atoms with Gasteiger partial charge in [-0.05, 0) is 0 Å². The Kier molecular flexibility index (Phi) is 2.62. The van der Waals surface area contributed by atoms with Gasteiger partial charge in [-0.2, -0.15) is 0 Å². The topological polar surface area (TPSA) is 16.8 Å². The van der Waals surface area contributed by atoms with E-state index in [-0.39, 0.29) is 0 Å². The summed E-state index contributed by atoms with van der Waals surface area (Å²) < 4.78 is 8.28. The first kappa shape index (κ1) is 8.46. The van der Waals surface area contributed by atoms with Crippen molar-refractivity contribution in [3.63, 3.8) is 0 Å². The molecule has 0 saturated carbocycles. The van der Waals surface area contributed by atoms with E-state index in [0.29, 0.717) is 14.7 Å². The Morgan fingerprint density at radius 1 is 1.17 bits per heavy atom. The SMILES string of the molecule is C[n+]1n[se]c2c1CCCCCC2. The number of hydrogen-bond donors (Lipinski definition) is 0. The van der Waals surface area contributed by atoms with Crippen molar-refractivity contribution in [2.75, 3.05) is 0 Å². The van der Waals surface area contributed by atoms with E-state index in [1.54, 1.807) is 10.1 Å². The molecule has 0 saturated heterocycles. The molecular formula is C9H15N2Se+. The summed E-state index contributed by atoms with van der Waals surface area (Å²) in [5, 5.41) is 0. The summed E-state index contributed by atoms with van der Waals surface area (Å²) in [4.78, 5) is 0. The molecule has 0 N–H and O–H groups in total. The summed E-state index contributed by atoms with van der Waals surface area (Å²) in [7, 11) is 2.10. The van der Waals surface area contributed by atoms with E-state index in [4.69, 9.17) is 0 Å². The van der Waals surface area contributed by atoms with E-state index in [1.165, 1.54) is 38.5 Å². The molecule has 1 aliphatic rings. The van der Waals surface area contributed by atoms with Crippen molar-refractivity contribution in [2.24, 2.45) is 7.05 Å². The molecule has 0 spiro atoms. The minimum atomic E-state index is 0.446. The molecule has 2 nitrogen and oxygen atoms in total. The number of hydrogen-bond acceptors (Lipinski definition) is 1. The third-order valence-electron chi connectivity index (χ3n) is 2.55. The molecular weight excluding hydrogens is 215 g/mol. The van der Waals surface area contributed by atoms with Crippen molar-refractivity contribution in [1.82, 2.24) is 4.09 Å².